The molecule has 0 amide bonds. The molecule has 0 fully saturated rings. The quantitative estimate of drug-likeness (QED) is 0.0197. The van der Waals surface area contributed by atoms with Crippen molar-refractivity contribution in [3.63, 3.8) is 0 Å². The van der Waals surface area contributed by atoms with Gasteiger partial charge in [-0.05, 0) is 77.0 Å². The summed E-state index contributed by atoms with van der Waals surface area (Å²) in [6, 6.07) is 0. The Morgan fingerprint density at radius 2 is 0.983 bits per heavy atom. The van der Waals surface area contributed by atoms with E-state index in [0.717, 1.165) is 70.6 Å². The number of hydrogen-bond donors (Lipinski definition) is 0. The Kier molecular flexibility index (Phi) is 39.7. The van der Waals surface area contributed by atoms with E-state index in [1.165, 1.54) is 51.4 Å². The molecule has 0 aliphatic rings. The first-order chi connectivity index (χ1) is 29.1. The standard InChI is InChI=1S/C51H85NO8/c1-6-8-10-12-14-16-18-20-22-24-25-26-28-30-32-34-36-38-40-42-49(54)60-47(46-59-51(50(55)56)57-44-43-52(3,4)5)45-58-48(53)41-39-37-35-33-31-29-27-23-21-19-17-15-13-11-9-7-2/h8,10,14,16,20,22-23,25-27,30,32,36,38,47,51H,6-7,9,11-13,15,17-19,21,24,28-29,31,33-35,37,39-46H2,1-5H3/b10-8-,16-14-,22-20-,26-25-,27-23-,32-30-,38-36-. The fraction of sp³-hybridized carbons (Fsp3) is 0.667. The zero-order chi connectivity index (χ0) is 44.2. The number of esters is 2. The lowest BCUT2D eigenvalue weighted by Gasteiger charge is -2.26. The number of carboxylic acids is 1. The summed E-state index contributed by atoms with van der Waals surface area (Å²) in [5.41, 5.74) is 0. The number of nitrogens with zero attached hydrogens (tertiary/aromatic N) is 1. The second kappa shape index (κ2) is 42.2. The number of carbonyl (C=O) groups is 3. The summed E-state index contributed by atoms with van der Waals surface area (Å²) in [4.78, 5) is 37.0. The Balaban J connectivity index is 4.58. The van der Waals surface area contributed by atoms with Crippen LogP contribution < -0.4 is 5.11 Å². The van der Waals surface area contributed by atoms with Crippen LogP contribution in [0.5, 0.6) is 0 Å². The highest BCUT2D eigenvalue weighted by molar-refractivity contribution is 5.70. The molecule has 0 aromatic carbocycles. The van der Waals surface area contributed by atoms with Gasteiger partial charge in [0.1, 0.15) is 13.2 Å². The zero-order valence-corrected chi connectivity index (χ0v) is 38.5. The minimum Gasteiger partial charge on any atom is -0.545 e. The molecule has 9 heteroatoms. The van der Waals surface area contributed by atoms with Crippen LogP contribution in [0.3, 0.4) is 0 Å². The molecule has 342 valence electrons. The van der Waals surface area contributed by atoms with E-state index in [4.69, 9.17) is 18.9 Å². The molecule has 0 aromatic heterocycles. The normalized spacial score (nSPS) is 13.7. The van der Waals surface area contributed by atoms with Crippen LogP contribution in [0.2, 0.25) is 0 Å². The van der Waals surface area contributed by atoms with Gasteiger partial charge in [-0.2, -0.15) is 0 Å². The third kappa shape index (κ3) is 42.6. The van der Waals surface area contributed by atoms with Crippen molar-refractivity contribution in [1.29, 1.82) is 0 Å². The topological polar surface area (TPSA) is 111 Å². The van der Waals surface area contributed by atoms with Gasteiger partial charge in [0.2, 0.25) is 0 Å². The average molecular weight is 840 g/mol. The fourth-order valence-corrected chi connectivity index (χ4v) is 5.79. The summed E-state index contributed by atoms with van der Waals surface area (Å²) in [6.07, 6.45) is 50.6. The molecule has 0 rings (SSSR count). The van der Waals surface area contributed by atoms with E-state index in [1.807, 2.05) is 33.3 Å². The first-order valence-electron chi connectivity index (χ1n) is 23.2. The SMILES string of the molecule is CC/C=C\C/C=C\C/C=C\C/C=C\C/C=C\C/C=C\CCC(=O)OC(COC(=O)CCCCCCC/C=C\CCCCCCCCC)COC(OCC[N+](C)(C)C)C(=O)[O-]. The molecule has 0 aliphatic heterocycles. The van der Waals surface area contributed by atoms with Gasteiger partial charge in [0, 0.05) is 12.8 Å². The van der Waals surface area contributed by atoms with Crippen molar-refractivity contribution in [3.05, 3.63) is 85.1 Å². The van der Waals surface area contributed by atoms with Crippen LogP contribution in [0, 0.1) is 0 Å². The average Bonchev–Trinajstić information content (AvgIpc) is 3.21. The van der Waals surface area contributed by atoms with Gasteiger partial charge >= 0.3 is 11.9 Å². The predicted octanol–water partition coefficient (Wildman–Crippen LogP) is 11.2. The molecule has 0 saturated heterocycles. The molecule has 0 N–H and O–H groups in total. The fourth-order valence-electron chi connectivity index (χ4n) is 5.79. The van der Waals surface area contributed by atoms with E-state index in [1.54, 1.807) is 0 Å². The van der Waals surface area contributed by atoms with Crippen LogP contribution >= 0.6 is 0 Å². The maximum Gasteiger partial charge on any atom is 0.306 e. The number of aliphatic carboxylic acids is 1. The Morgan fingerprint density at radius 1 is 0.517 bits per heavy atom. The third-order valence-corrected chi connectivity index (χ3v) is 9.39. The van der Waals surface area contributed by atoms with Crippen molar-refractivity contribution in [2.24, 2.45) is 0 Å². The van der Waals surface area contributed by atoms with Crippen molar-refractivity contribution in [2.45, 2.75) is 174 Å². The van der Waals surface area contributed by atoms with E-state index < -0.39 is 30.3 Å². The maximum atomic E-state index is 12.7. The van der Waals surface area contributed by atoms with E-state index >= 15 is 0 Å². The van der Waals surface area contributed by atoms with E-state index in [9.17, 15) is 19.5 Å². The first-order valence-corrected chi connectivity index (χ1v) is 23.2. The number of hydrogen-bond acceptors (Lipinski definition) is 8. The van der Waals surface area contributed by atoms with Crippen molar-refractivity contribution < 1.29 is 42.9 Å². The monoisotopic (exact) mass is 840 g/mol. The zero-order valence-electron chi connectivity index (χ0n) is 38.5. The molecular formula is C51H85NO8. The van der Waals surface area contributed by atoms with Crippen LogP contribution in [-0.4, -0.2) is 82.3 Å². The molecule has 60 heavy (non-hydrogen) atoms. The van der Waals surface area contributed by atoms with Crippen molar-refractivity contribution in [3.8, 4) is 0 Å². The van der Waals surface area contributed by atoms with Gasteiger partial charge in [-0.25, -0.2) is 0 Å². The second-order valence-electron chi connectivity index (χ2n) is 16.3. The largest absolute Gasteiger partial charge is 0.545 e. The molecule has 2 unspecified atom stereocenters. The molecule has 0 saturated carbocycles. The van der Waals surface area contributed by atoms with Crippen molar-refractivity contribution >= 4 is 17.9 Å². The summed E-state index contributed by atoms with van der Waals surface area (Å²) in [5, 5.41) is 11.7. The molecule has 0 spiro atoms. The Labute approximate surface area is 366 Å². The summed E-state index contributed by atoms with van der Waals surface area (Å²) in [6.45, 7) is 4.51. The highest BCUT2D eigenvalue weighted by Crippen LogP contribution is 2.12. The molecule has 0 aliphatic carbocycles. The Morgan fingerprint density at radius 3 is 1.48 bits per heavy atom. The van der Waals surface area contributed by atoms with Gasteiger partial charge in [-0.1, -0.05) is 157 Å². The van der Waals surface area contributed by atoms with E-state index in [-0.39, 0.29) is 32.7 Å². The highest BCUT2D eigenvalue weighted by Gasteiger charge is 2.21. The molecule has 0 bridgehead atoms. The molecule has 0 aromatic rings. The van der Waals surface area contributed by atoms with Gasteiger partial charge < -0.3 is 33.3 Å². The predicted molar refractivity (Wildman–Crippen MR) is 246 cm³/mol. The molecule has 9 nitrogen and oxygen atoms in total. The minimum absolute atomic E-state index is 0.117. The number of likely N-dealkylation sites (N-methyl/N-ethyl adjacent to an activating group) is 1. The Bertz CT molecular complexity index is 1260. The molecule has 0 heterocycles. The van der Waals surface area contributed by atoms with Crippen LogP contribution in [0.25, 0.3) is 0 Å². The van der Waals surface area contributed by atoms with Gasteiger partial charge in [0.05, 0.1) is 40.3 Å². The lowest BCUT2D eigenvalue weighted by atomic mass is 10.1. The maximum absolute atomic E-state index is 12.7. The van der Waals surface area contributed by atoms with Gasteiger partial charge in [0.25, 0.3) is 0 Å². The number of carbonyl (C=O) groups excluding carboxylic acids is 3. The smallest absolute Gasteiger partial charge is 0.306 e. The number of quaternary nitrogens is 1. The van der Waals surface area contributed by atoms with Gasteiger partial charge in [-0.15, -0.1) is 0 Å². The van der Waals surface area contributed by atoms with Gasteiger partial charge in [0.15, 0.2) is 12.4 Å². The summed E-state index contributed by atoms with van der Waals surface area (Å²) in [7, 11) is 5.87. The van der Waals surface area contributed by atoms with Crippen LogP contribution in [0.1, 0.15) is 162 Å². The highest BCUT2D eigenvalue weighted by atomic mass is 16.7. The lowest BCUT2D eigenvalue weighted by Crippen LogP contribution is -2.44. The van der Waals surface area contributed by atoms with Crippen molar-refractivity contribution in [1.82, 2.24) is 0 Å². The molecule has 2 atom stereocenters. The van der Waals surface area contributed by atoms with Crippen molar-refractivity contribution in [2.75, 3.05) is 47.5 Å². The van der Waals surface area contributed by atoms with E-state index in [0.29, 0.717) is 23.9 Å². The number of ether oxygens (including phenoxy) is 4. The minimum atomic E-state index is -1.65. The van der Waals surface area contributed by atoms with E-state index in [2.05, 4.69) is 86.8 Å². The number of rotatable bonds is 41. The third-order valence-electron chi connectivity index (χ3n) is 9.39. The van der Waals surface area contributed by atoms with Gasteiger partial charge in [-0.3, -0.25) is 9.59 Å². The molecule has 0 radical (unpaired) electrons. The number of carboxylic acid groups (broad SMARTS) is 1. The second-order valence-corrected chi connectivity index (χ2v) is 16.3. The summed E-state index contributed by atoms with van der Waals surface area (Å²) in [5.74, 6) is -2.42. The Hall–Kier alpha value is -3.53. The van der Waals surface area contributed by atoms with Crippen LogP contribution in [0.15, 0.2) is 85.1 Å². The molecular weight excluding hydrogens is 755 g/mol. The summed E-state index contributed by atoms with van der Waals surface area (Å²) >= 11 is 0. The van der Waals surface area contributed by atoms with Crippen LogP contribution in [-0.2, 0) is 33.3 Å². The summed E-state index contributed by atoms with van der Waals surface area (Å²) < 4.78 is 22.4. The number of allylic oxidation sites excluding steroid dienone is 14. The number of unbranched alkanes of at least 4 members (excludes halogenated alkanes) is 12. The van der Waals surface area contributed by atoms with Crippen LogP contribution in [0.4, 0.5) is 0 Å². The lowest BCUT2D eigenvalue weighted by molar-refractivity contribution is -0.870. The first kappa shape index (κ1) is 56.5.